The second kappa shape index (κ2) is 12.1. The van der Waals surface area contributed by atoms with Gasteiger partial charge in [-0.25, -0.2) is 0 Å². The van der Waals surface area contributed by atoms with Gasteiger partial charge in [-0.05, 0) is 126 Å². The molecule has 0 saturated carbocycles. The van der Waals surface area contributed by atoms with E-state index in [9.17, 15) is 0 Å². The first kappa shape index (κ1) is 34.8. The van der Waals surface area contributed by atoms with E-state index in [1.54, 1.807) is 0 Å². The van der Waals surface area contributed by atoms with Crippen LogP contribution in [0, 0.1) is 0 Å². The Bertz CT molecular complexity index is 3140. The van der Waals surface area contributed by atoms with Gasteiger partial charge in [0.1, 0.15) is 11.2 Å². The lowest BCUT2D eigenvalue weighted by Gasteiger charge is -2.33. The highest BCUT2D eigenvalue weighted by molar-refractivity contribution is 6.10. The summed E-state index contributed by atoms with van der Waals surface area (Å²) in [6.45, 7) is 16.4. The van der Waals surface area contributed by atoms with Crippen molar-refractivity contribution in [1.82, 2.24) is 0 Å². The summed E-state index contributed by atoms with van der Waals surface area (Å²) in [5.41, 5.74) is 19.3. The summed E-state index contributed by atoms with van der Waals surface area (Å²) >= 11 is 0. The van der Waals surface area contributed by atoms with Crippen molar-refractivity contribution in [2.75, 3.05) is 4.90 Å². The normalized spacial score (nSPS) is 14.7. The summed E-state index contributed by atoms with van der Waals surface area (Å²) in [6, 6.07) is 58.7. The lowest BCUT2D eigenvalue weighted by atomic mass is 9.80. The molecule has 282 valence electrons. The molecule has 0 unspecified atom stereocenters. The maximum absolute atomic E-state index is 6.67. The zero-order valence-corrected chi connectivity index (χ0v) is 34.4. The van der Waals surface area contributed by atoms with Crippen LogP contribution in [-0.4, -0.2) is 0 Å². The number of anilines is 3. The molecule has 2 aliphatic rings. The van der Waals surface area contributed by atoms with Crippen LogP contribution in [0.2, 0.25) is 0 Å². The number of fused-ring (bicyclic) bond motifs is 10. The predicted octanol–water partition coefficient (Wildman–Crippen LogP) is 15.8. The Labute approximate surface area is 341 Å². The Morgan fingerprint density at radius 3 is 1.95 bits per heavy atom. The minimum atomic E-state index is -0.289. The Kier molecular flexibility index (Phi) is 7.25. The number of nitrogens with zero attached hydrogens (tertiary/aromatic N) is 1. The van der Waals surface area contributed by atoms with Gasteiger partial charge >= 0.3 is 0 Å². The second-order valence-electron chi connectivity index (χ2n) is 18.6. The topological polar surface area (TPSA) is 16.4 Å². The number of hydrogen-bond acceptors (Lipinski definition) is 2. The molecule has 0 bridgehead atoms. The van der Waals surface area contributed by atoms with Gasteiger partial charge in [0.25, 0.3) is 0 Å². The van der Waals surface area contributed by atoms with E-state index in [0.717, 1.165) is 22.5 Å². The Balaban J connectivity index is 1.12. The molecule has 0 radical (unpaired) electrons. The summed E-state index contributed by atoms with van der Waals surface area (Å²) in [5, 5.41) is 4.95. The molecule has 0 fully saturated rings. The highest BCUT2D eigenvalue weighted by Crippen LogP contribution is 2.57. The van der Waals surface area contributed by atoms with E-state index in [1.165, 1.54) is 88.4 Å². The lowest BCUT2D eigenvalue weighted by molar-refractivity contribution is 0.594. The first-order valence-electron chi connectivity index (χ1n) is 20.7. The fraction of sp³-hybridized carbons (Fsp3) is 0.179. The van der Waals surface area contributed by atoms with Crippen LogP contribution in [0.25, 0.3) is 66.1 Å². The standard InChI is InChI=1S/C56H47NO/c1-54(2,3)46-22-14-24-50-52(46)44-32-48-43(33-51(44)58-50)42-20-13-23-49(53(42)56(48,6)7)57(37-29-30-41-40-18-10-11-21-45(40)55(4,5)47(41)31-37)36-27-25-35(26-28-36)39-19-12-16-34-15-8-9-17-38(34)39/h8-33H,1-7H3. The molecule has 0 aliphatic heterocycles. The minimum Gasteiger partial charge on any atom is -0.456 e. The van der Waals surface area contributed by atoms with Crippen molar-refractivity contribution in [1.29, 1.82) is 0 Å². The van der Waals surface area contributed by atoms with Crippen LogP contribution in [0.3, 0.4) is 0 Å². The zero-order chi connectivity index (χ0) is 39.7. The molecule has 1 aromatic heterocycles. The molecular formula is C56H47NO. The van der Waals surface area contributed by atoms with Gasteiger partial charge in [0.15, 0.2) is 0 Å². The van der Waals surface area contributed by atoms with Crippen LogP contribution in [0.15, 0.2) is 162 Å². The van der Waals surface area contributed by atoms with Crippen molar-refractivity contribution >= 4 is 49.8 Å². The average Bonchev–Trinajstić information content (AvgIpc) is 3.79. The van der Waals surface area contributed by atoms with Crippen LogP contribution in [0.5, 0.6) is 0 Å². The molecule has 2 heteroatoms. The van der Waals surface area contributed by atoms with Crippen LogP contribution in [0.4, 0.5) is 17.1 Å². The van der Waals surface area contributed by atoms with E-state index >= 15 is 0 Å². The summed E-state index contributed by atoms with van der Waals surface area (Å²) in [4.78, 5) is 2.51. The molecule has 2 aliphatic carbocycles. The SMILES string of the molecule is CC(C)(C)c1cccc2oc3cc4c(cc3c12)C(C)(C)c1c-4cccc1N(c1ccc(-c2cccc3ccccc23)cc1)c1ccc2c(c1)C(C)(C)c1ccccc1-2. The third-order valence-electron chi connectivity index (χ3n) is 13.4. The molecule has 8 aromatic carbocycles. The van der Waals surface area contributed by atoms with Crippen LogP contribution < -0.4 is 4.90 Å². The summed E-state index contributed by atoms with van der Waals surface area (Å²) in [6.07, 6.45) is 0. The average molecular weight is 750 g/mol. The monoisotopic (exact) mass is 749 g/mol. The van der Waals surface area contributed by atoms with Gasteiger partial charge in [-0.2, -0.15) is 0 Å². The van der Waals surface area contributed by atoms with Gasteiger partial charge in [0.05, 0.1) is 5.69 Å². The third-order valence-corrected chi connectivity index (χ3v) is 13.4. The number of hydrogen-bond donors (Lipinski definition) is 0. The molecule has 0 atom stereocenters. The fourth-order valence-electron chi connectivity index (χ4n) is 10.5. The van der Waals surface area contributed by atoms with Crippen LogP contribution >= 0.6 is 0 Å². The van der Waals surface area contributed by atoms with Crippen molar-refractivity contribution in [3.63, 3.8) is 0 Å². The van der Waals surface area contributed by atoms with Gasteiger partial charge in [0.2, 0.25) is 0 Å². The quantitative estimate of drug-likeness (QED) is 0.178. The molecular weight excluding hydrogens is 703 g/mol. The predicted molar refractivity (Wildman–Crippen MR) is 245 cm³/mol. The van der Waals surface area contributed by atoms with Crippen molar-refractivity contribution in [3.8, 4) is 33.4 Å². The van der Waals surface area contributed by atoms with Crippen LogP contribution in [-0.2, 0) is 16.2 Å². The Morgan fingerprint density at radius 2 is 1.12 bits per heavy atom. The van der Waals surface area contributed by atoms with E-state index in [0.29, 0.717) is 0 Å². The first-order valence-corrected chi connectivity index (χ1v) is 20.7. The van der Waals surface area contributed by atoms with E-state index < -0.39 is 0 Å². The lowest BCUT2D eigenvalue weighted by Crippen LogP contribution is -2.21. The van der Waals surface area contributed by atoms with Gasteiger partial charge in [-0.15, -0.1) is 0 Å². The maximum atomic E-state index is 6.67. The van der Waals surface area contributed by atoms with Crippen LogP contribution in [0.1, 0.15) is 76.3 Å². The van der Waals surface area contributed by atoms with E-state index in [4.69, 9.17) is 4.42 Å². The highest BCUT2D eigenvalue weighted by Gasteiger charge is 2.41. The summed E-state index contributed by atoms with van der Waals surface area (Å²) < 4.78 is 6.67. The first-order chi connectivity index (χ1) is 27.9. The number of furan rings is 1. The van der Waals surface area contributed by atoms with Gasteiger partial charge in [-0.1, -0.05) is 158 Å². The van der Waals surface area contributed by atoms with Crippen molar-refractivity contribution in [2.24, 2.45) is 0 Å². The smallest absolute Gasteiger partial charge is 0.136 e. The number of rotatable bonds is 4. The molecule has 58 heavy (non-hydrogen) atoms. The van der Waals surface area contributed by atoms with Gasteiger partial charge in [0, 0.05) is 33.0 Å². The Hall–Kier alpha value is -6.38. The molecule has 0 amide bonds. The Morgan fingerprint density at radius 1 is 0.466 bits per heavy atom. The van der Waals surface area contributed by atoms with Gasteiger partial charge in [-0.3, -0.25) is 0 Å². The molecule has 2 nitrogen and oxygen atoms in total. The maximum Gasteiger partial charge on any atom is 0.136 e. The zero-order valence-electron chi connectivity index (χ0n) is 34.4. The van der Waals surface area contributed by atoms with Crippen molar-refractivity contribution < 1.29 is 4.42 Å². The molecule has 1 heterocycles. The highest BCUT2D eigenvalue weighted by atomic mass is 16.3. The second-order valence-corrected chi connectivity index (χ2v) is 18.6. The largest absolute Gasteiger partial charge is 0.456 e. The third kappa shape index (κ3) is 4.91. The summed E-state index contributed by atoms with van der Waals surface area (Å²) in [5.74, 6) is 0. The van der Waals surface area contributed by atoms with Crippen molar-refractivity contribution in [3.05, 3.63) is 186 Å². The van der Waals surface area contributed by atoms with Crippen molar-refractivity contribution in [2.45, 2.75) is 64.7 Å². The molecule has 0 saturated heterocycles. The van der Waals surface area contributed by atoms with E-state index in [-0.39, 0.29) is 16.2 Å². The molecule has 0 spiro atoms. The summed E-state index contributed by atoms with van der Waals surface area (Å²) in [7, 11) is 0. The molecule has 11 rings (SSSR count). The van der Waals surface area contributed by atoms with E-state index in [2.05, 4.69) is 211 Å². The van der Waals surface area contributed by atoms with Gasteiger partial charge < -0.3 is 9.32 Å². The van der Waals surface area contributed by atoms with E-state index in [1.807, 2.05) is 0 Å². The number of benzene rings is 8. The molecule has 0 N–H and O–H groups in total. The fourth-order valence-corrected chi connectivity index (χ4v) is 10.5. The minimum absolute atomic E-state index is 0.0174. The molecule has 9 aromatic rings.